The van der Waals surface area contributed by atoms with Crippen LogP contribution < -0.4 is 10.6 Å². The summed E-state index contributed by atoms with van der Waals surface area (Å²) < 4.78 is 43.4. The van der Waals surface area contributed by atoms with E-state index in [4.69, 9.17) is 16.6 Å². The average molecular weight is 624 g/mol. The molecule has 44 heavy (non-hydrogen) atoms. The number of hydrogen-bond acceptors (Lipinski definition) is 8. The molecule has 0 bridgehead atoms. The number of amides is 1. The fourth-order valence-corrected chi connectivity index (χ4v) is 5.27. The van der Waals surface area contributed by atoms with Gasteiger partial charge in [-0.05, 0) is 42.3 Å². The highest BCUT2D eigenvalue weighted by Gasteiger charge is 2.48. The van der Waals surface area contributed by atoms with Crippen molar-refractivity contribution in [1.29, 1.82) is 0 Å². The van der Waals surface area contributed by atoms with Gasteiger partial charge in [0, 0.05) is 38.5 Å². The number of aliphatic hydroxyl groups excluding tert-OH is 1. The molecule has 1 aliphatic heterocycles. The van der Waals surface area contributed by atoms with E-state index in [1.54, 1.807) is 48.1 Å². The average Bonchev–Trinajstić information content (AvgIpc) is 3.55. The first-order valence-corrected chi connectivity index (χ1v) is 13.8. The Morgan fingerprint density at radius 3 is 2.70 bits per heavy atom. The van der Waals surface area contributed by atoms with Gasteiger partial charge in [-0.15, -0.1) is 0 Å². The molecule has 0 aliphatic carbocycles. The molecule has 0 saturated carbocycles. The van der Waals surface area contributed by atoms with Crippen LogP contribution in [-0.2, 0) is 16.6 Å². The molecule has 226 valence electrons. The molecule has 6 rings (SSSR count). The van der Waals surface area contributed by atoms with Crippen LogP contribution in [0.5, 0.6) is 5.75 Å². The van der Waals surface area contributed by atoms with E-state index in [2.05, 4.69) is 25.6 Å². The summed E-state index contributed by atoms with van der Waals surface area (Å²) in [6.45, 7) is 1.55. The zero-order valence-electron chi connectivity index (χ0n) is 23.3. The molecule has 0 fully saturated rings. The summed E-state index contributed by atoms with van der Waals surface area (Å²) in [6, 6.07) is 10.4. The number of imidazole rings is 1. The van der Waals surface area contributed by atoms with Crippen LogP contribution in [0, 0.1) is 5.82 Å². The quantitative estimate of drug-likeness (QED) is 0.190. The number of hydrogen-bond donors (Lipinski definition) is 4. The number of benzene rings is 2. The first-order chi connectivity index (χ1) is 20.8. The molecular weight excluding hydrogens is 599 g/mol. The molecule has 0 spiro atoms. The molecule has 1 amide bonds. The van der Waals surface area contributed by atoms with Crippen LogP contribution in [0.2, 0.25) is 5.02 Å². The standard InChI is InChI=1S/C30H25ClF3N7O3/c1-29(16-6-7-18(31)21(42)12-16)23-25(36-13-22(43)30(2,33)34)38-24(39-26(23)40-28(29)44)20-14-41-9-8-35-27(41)19(37-20)11-15-4-3-5-17(32)10-15/h3-10,12,14,22,42-43H,11,13H2,1-2H3,(H2,36,38,39,40,44). The van der Waals surface area contributed by atoms with Crippen molar-refractivity contribution in [3.63, 3.8) is 0 Å². The lowest BCUT2D eigenvalue weighted by atomic mass is 9.77. The number of fused-ring (bicyclic) bond motifs is 2. The number of halogens is 4. The van der Waals surface area contributed by atoms with Gasteiger partial charge in [-0.2, -0.15) is 0 Å². The van der Waals surface area contributed by atoms with Gasteiger partial charge < -0.3 is 25.2 Å². The summed E-state index contributed by atoms with van der Waals surface area (Å²) >= 11 is 6.00. The van der Waals surface area contributed by atoms with E-state index in [0.29, 0.717) is 29.4 Å². The second-order valence-electron chi connectivity index (χ2n) is 10.8. The molecule has 3 aromatic heterocycles. The highest BCUT2D eigenvalue weighted by atomic mass is 35.5. The third-order valence-electron chi connectivity index (χ3n) is 7.60. The minimum atomic E-state index is -3.43. The van der Waals surface area contributed by atoms with Crippen LogP contribution in [0.4, 0.5) is 24.8 Å². The number of anilines is 2. The van der Waals surface area contributed by atoms with Crippen molar-refractivity contribution in [3.8, 4) is 17.3 Å². The molecule has 0 saturated heterocycles. The first-order valence-electron chi connectivity index (χ1n) is 13.4. The Hall–Kier alpha value is -4.75. The molecule has 10 nitrogen and oxygen atoms in total. The van der Waals surface area contributed by atoms with E-state index >= 15 is 0 Å². The summed E-state index contributed by atoms with van der Waals surface area (Å²) in [5.74, 6) is -4.50. The third kappa shape index (κ3) is 5.18. The van der Waals surface area contributed by atoms with E-state index < -0.39 is 35.7 Å². The number of phenols is 1. The number of alkyl halides is 2. The second-order valence-corrected chi connectivity index (χ2v) is 11.2. The van der Waals surface area contributed by atoms with Gasteiger partial charge in [-0.3, -0.25) is 4.79 Å². The van der Waals surface area contributed by atoms with Gasteiger partial charge in [0.05, 0.1) is 16.3 Å². The number of aliphatic hydroxyl groups is 1. The summed E-state index contributed by atoms with van der Waals surface area (Å²) in [6.07, 6.45) is 3.03. The molecule has 2 unspecified atom stereocenters. The van der Waals surface area contributed by atoms with Crippen LogP contribution in [-0.4, -0.2) is 59.0 Å². The predicted molar refractivity (Wildman–Crippen MR) is 157 cm³/mol. The van der Waals surface area contributed by atoms with Crippen molar-refractivity contribution < 1.29 is 28.2 Å². The highest BCUT2D eigenvalue weighted by Crippen LogP contribution is 2.47. The van der Waals surface area contributed by atoms with Gasteiger partial charge in [-0.1, -0.05) is 29.8 Å². The van der Waals surface area contributed by atoms with Gasteiger partial charge in [-0.25, -0.2) is 33.1 Å². The topological polar surface area (TPSA) is 138 Å². The van der Waals surface area contributed by atoms with Gasteiger partial charge in [0.1, 0.15) is 40.4 Å². The Kier molecular flexibility index (Phi) is 7.17. The number of carbonyl (C=O) groups excluding carboxylic acids is 1. The monoisotopic (exact) mass is 623 g/mol. The maximum absolute atomic E-state index is 13.9. The molecule has 1 aliphatic rings. The summed E-state index contributed by atoms with van der Waals surface area (Å²) in [5, 5.41) is 26.0. The van der Waals surface area contributed by atoms with Crippen LogP contribution in [0.25, 0.3) is 17.2 Å². The zero-order chi connectivity index (χ0) is 31.4. The number of phenolic OH excluding ortho intramolecular Hbond substituents is 1. The number of carbonyl (C=O) groups is 1. The second kappa shape index (κ2) is 10.8. The maximum atomic E-state index is 13.9. The van der Waals surface area contributed by atoms with Crippen LogP contribution in [0.1, 0.15) is 36.2 Å². The predicted octanol–water partition coefficient (Wildman–Crippen LogP) is 4.96. The van der Waals surface area contributed by atoms with Crippen LogP contribution >= 0.6 is 11.6 Å². The molecule has 4 heterocycles. The largest absolute Gasteiger partial charge is 0.506 e. The minimum Gasteiger partial charge on any atom is -0.506 e. The van der Waals surface area contributed by atoms with Gasteiger partial charge in [0.15, 0.2) is 11.5 Å². The molecule has 2 aromatic carbocycles. The normalized spacial score (nSPS) is 17.0. The molecule has 14 heteroatoms. The van der Waals surface area contributed by atoms with Crippen molar-refractivity contribution in [1.82, 2.24) is 24.3 Å². The zero-order valence-corrected chi connectivity index (χ0v) is 24.1. The molecule has 4 N–H and O–H groups in total. The van der Waals surface area contributed by atoms with Crippen molar-refractivity contribution >= 4 is 34.8 Å². The van der Waals surface area contributed by atoms with E-state index in [1.807, 2.05) is 0 Å². The van der Waals surface area contributed by atoms with Crippen LogP contribution in [0.3, 0.4) is 0 Å². The molecular formula is C30H25ClF3N7O3. The van der Waals surface area contributed by atoms with E-state index in [0.717, 1.165) is 0 Å². The lowest BCUT2D eigenvalue weighted by molar-refractivity contribution is -0.119. The number of nitrogens with one attached hydrogen (secondary N) is 2. The molecule has 0 radical (unpaired) electrons. The number of rotatable bonds is 8. The number of nitrogens with zero attached hydrogens (tertiary/aromatic N) is 5. The van der Waals surface area contributed by atoms with Crippen molar-refractivity contribution in [2.75, 3.05) is 17.2 Å². The highest BCUT2D eigenvalue weighted by molar-refractivity contribution is 6.32. The Bertz CT molecular complexity index is 1930. The lowest BCUT2D eigenvalue weighted by Gasteiger charge is -2.26. The number of aromatic nitrogens is 5. The summed E-state index contributed by atoms with van der Waals surface area (Å²) in [5.41, 5.74) is 0.983. The third-order valence-corrected chi connectivity index (χ3v) is 7.92. The Balaban J connectivity index is 1.50. The van der Waals surface area contributed by atoms with Crippen molar-refractivity contribution in [3.05, 3.63) is 94.3 Å². The van der Waals surface area contributed by atoms with E-state index in [-0.39, 0.29) is 45.9 Å². The Labute approximate surface area is 253 Å². The van der Waals surface area contributed by atoms with Crippen LogP contribution in [0.15, 0.2) is 61.1 Å². The maximum Gasteiger partial charge on any atom is 0.272 e. The first kappa shape index (κ1) is 29.3. The fraction of sp³-hybridized carbons (Fsp3) is 0.233. The molecule has 5 aromatic rings. The lowest BCUT2D eigenvalue weighted by Crippen LogP contribution is -2.37. The minimum absolute atomic E-state index is 0.0113. The van der Waals surface area contributed by atoms with Gasteiger partial charge in [0.25, 0.3) is 5.92 Å². The summed E-state index contributed by atoms with van der Waals surface area (Å²) in [7, 11) is 0. The van der Waals surface area contributed by atoms with E-state index in [9.17, 15) is 28.2 Å². The van der Waals surface area contributed by atoms with Gasteiger partial charge in [0.2, 0.25) is 5.91 Å². The SMILES string of the molecule is CC1(c2ccc(Cl)c(O)c2)C(=O)Nc2nc(-c3cn4ccnc4c(Cc4cccc(F)c4)n3)nc(NCC(O)C(C)(F)F)c21. The molecule has 2 atom stereocenters. The fourth-order valence-electron chi connectivity index (χ4n) is 5.15. The smallest absolute Gasteiger partial charge is 0.272 e. The Morgan fingerprint density at radius 1 is 1.18 bits per heavy atom. The van der Waals surface area contributed by atoms with Crippen molar-refractivity contribution in [2.45, 2.75) is 37.7 Å². The van der Waals surface area contributed by atoms with Gasteiger partial charge >= 0.3 is 0 Å². The summed E-state index contributed by atoms with van der Waals surface area (Å²) in [4.78, 5) is 31.8. The van der Waals surface area contributed by atoms with Crippen molar-refractivity contribution in [2.24, 2.45) is 0 Å². The Morgan fingerprint density at radius 2 is 1.98 bits per heavy atom. The van der Waals surface area contributed by atoms with E-state index in [1.165, 1.54) is 24.3 Å². The number of aromatic hydroxyl groups is 1.